The van der Waals surface area contributed by atoms with E-state index in [0.717, 1.165) is 44.8 Å². The molecular weight excluding hydrogens is 326 g/mol. The number of para-hydroxylation sites is 1. The Morgan fingerprint density at radius 3 is 2.92 bits per heavy atom. The fraction of sp³-hybridized carbons (Fsp3) is 0.571. The quantitative estimate of drug-likeness (QED) is 0.895. The van der Waals surface area contributed by atoms with Crippen molar-refractivity contribution < 1.29 is 9.47 Å². The van der Waals surface area contributed by atoms with Crippen LogP contribution in [0, 0.1) is 0 Å². The van der Waals surface area contributed by atoms with Gasteiger partial charge in [0.15, 0.2) is 0 Å². The molecule has 2 aromatic rings. The second-order valence-corrected chi connectivity index (χ2v) is 7.62. The van der Waals surface area contributed by atoms with Crippen LogP contribution in [0.15, 0.2) is 30.5 Å². The van der Waals surface area contributed by atoms with E-state index in [4.69, 9.17) is 9.47 Å². The third-order valence-corrected chi connectivity index (χ3v) is 6.03. The summed E-state index contributed by atoms with van der Waals surface area (Å²) < 4.78 is 13.3. The van der Waals surface area contributed by atoms with Gasteiger partial charge >= 0.3 is 0 Å². The molecule has 1 unspecified atom stereocenters. The second kappa shape index (κ2) is 7.41. The Balaban J connectivity index is 1.59. The monoisotopic (exact) mass is 355 g/mol. The first kappa shape index (κ1) is 17.6. The first-order chi connectivity index (χ1) is 12.7. The van der Waals surface area contributed by atoms with E-state index >= 15 is 0 Å². The van der Waals surface area contributed by atoms with E-state index in [0.29, 0.717) is 6.04 Å². The fourth-order valence-electron chi connectivity index (χ4n) is 4.58. The Kier molecular flexibility index (Phi) is 5.00. The first-order valence-corrected chi connectivity index (χ1v) is 9.69. The van der Waals surface area contributed by atoms with E-state index in [1.54, 1.807) is 7.11 Å². The predicted molar refractivity (Wildman–Crippen MR) is 102 cm³/mol. The highest BCUT2D eigenvalue weighted by molar-refractivity contribution is 5.40. The molecule has 1 fully saturated rings. The molecule has 0 amide bonds. The van der Waals surface area contributed by atoms with Gasteiger partial charge in [0.2, 0.25) is 0 Å². The maximum Gasteiger partial charge on any atom is 0.122 e. The summed E-state index contributed by atoms with van der Waals surface area (Å²) in [7, 11) is 3.78. The number of aryl methyl sites for hydroxylation is 2. The molecule has 4 rings (SSSR count). The van der Waals surface area contributed by atoms with Crippen molar-refractivity contribution >= 4 is 0 Å². The Morgan fingerprint density at radius 1 is 1.31 bits per heavy atom. The highest BCUT2D eigenvalue weighted by atomic mass is 16.5. The number of nitrogens with one attached hydrogen (secondary N) is 1. The van der Waals surface area contributed by atoms with Crippen molar-refractivity contribution in [2.45, 2.75) is 43.6 Å². The normalized spacial score (nSPS) is 22.0. The van der Waals surface area contributed by atoms with Crippen molar-refractivity contribution in [3.8, 4) is 5.75 Å². The number of methoxy groups -OCH3 is 1. The van der Waals surface area contributed by atoms with Gasteiger partial charge in [0.05, 0.1) is 12.8 Å². The number of fused-ring (bicyclic) bond motifs is 1. The lowest BCUT2D eigenvalue weighted by Gasteiger charge is -2.40. The molecule has 2 aliphatic rings. The highest BCUT2D eigenvalue weighted by Crippen LogP contribution is 2.40. The second-order valence-electron chi connectivity index (χ2n) is 7.62. The Labute approximate surface area is 155 Å². The molecule has 0 saturated carbocycles. The predicted octanol–water partition coefficient (Wildman–Crippen LogP) is 3.14. The molecule has 140 valence electrons. The van der Waals surface area contributed by atoms with Gasteiger partial charge in [0, 0.05) is 55.6 Å². The summed E-state index contributed by atoms with van der Waals surface area (Å²) in [5.41, 5.74) is 4.00. The topological polar surface area (TPSA) is 48.3 Å². The highest BCUT2D eigenvalue weighted by Gasteiger charge is 2.37. The molecule has 0 radical (unpaired) electrons. The Hall–Kier alpha value is -1.85. The van der Waals surface area contributed by atoms with Gasteiger partial charge in [-0.25, -0.2) is 0 Å². The van der Waals surface area contributed by atoms with Gasteiger partial charge in [-0.3, -0.25) is 4.68 Å². The minimum absolute atomic E-state index is 0.0602. The van der Waals surface area contributed by atoms with Gasteiger partial charge in [-0.2, -0.15) is 5.10 Å². The number of hydrogen-bond donors (Lipinski definition) is 1. The van der Waals surface area contributed by atoms with Crippen LogP contribution in [0.5, 0.6) is 5.75 Å². The van der Waals surface area contributed by atoms with E-state index in [2.05, 4.69) is 34.8 Å². The maximum atomic E-state index is 5.69. The summed E-state index contributed by atoms with van der Waals surface area (Å²) in [6.45, 7) is 2.56. The average molecular weight is 355 g/mol. The lowest BCUT2D eigenvalue weighted by atomic mass is 9.73. The van der Waals surface area contributed by atoms with Gasteiger partial charge in [0.1, 0.15) is 5.75 Å². The lowest BCUT2D eigenvalue weighted by molar-refractivity contribution is 0.0477. The summed E-state index contributed by atoms with van der Waals surface area (Å²) in [5, 5.41) is 8.52. The van der Waals surface area contributed by atoms with E-state index in [-0.39, 0.29) is 5.41 Å². The van der Waals surface area contributed by atoms with Crippen molar-refractivity contribution in [1.82, 2.24) is 15.1 Å². The van der Waals surface area contributed by atoms with Crippen LogP contribution in [0.25, 0.3) is 0 Å². The van der Waals surface area contributed by atoms with Gasteiger partial charge < -0.3 is 14.8 Å². The third kappa shape index (κ3) is 3.26. The molecular formula is C21H29N3O2. The molecule has 1 N–H and O–H groups in total. The summed E-state index contributed by atoms with van der Waals surface area (Å²) >= 11 is 0. The molecule has 1 aliphatic carbocycles. The van der Waals surface area contributed by atoms with Crippen molar-refractivity contribution in [3.63, 3.8) is 0 Å². The van der Waals surface area contributed by atoms with Crippen LogP contribution in [0.4, 0.5) is 0 Å². The first-order valence-electron chi connectivity index (χ1n) is 9.69. The molecule has 1 atom stereocenters. The SMILES string of the molecule is COc1ccccc1C1(CNC2CCCc3nn(C)cc32)CCOCC1. The van der Waals surface area contributed by atoms with E-state index in [1.807, 2.05) is 17.8 Å². The van der Waals surface area contributed by atoms with Crippen LogP contribution < -0.4 is 10.1 Å². The Bertz CT molecular complexity index is 749. The number of aromatic nitrogens is 2. The average Bonchev–Trinajstić information content (AvgIpc) is 3.08. The van der Waals surface area contributed by atoms with Gasteiger partial charge in [0.25, 0.3) is 0 Å². The van der Waals surface area contributed by atoms with Gasteiger partial charge in [-0.1, -0.05) is 18.2 Å². The summed E-state index contributed by atoms with van der Waals surface area (Å²) in [6.07, 6.45) is 7.70. The minimum atomic E-state index is 0.0602. The molecule has 26 heavy (non-hydrogen) atoms. The standard InChI is InChI=1S/C21H29N3O2/c1-24-14-16-18(7-5-8-19(16)23-24)22-15-21(10-12-26-13-11-21)17-6-3-4-9-20(17)25-2/h3-4,6,9,14,18,22H,5,7-8,10-13,15H2,1-2H3. The van der Waals surface area contributed by atoms with Crippen molar-refractivity contribution in [3.05, 3.63) is 47.3 Å². The lowest BCUT2D eigenvalue weighted by Crippen LogP contribution is -2.44. The van der Waals surface area contributed by atoms with Crippen LogP contribution in [-0.4, -0.2) is 36.6 Å². The van der Waals surface area contributed by atoms with Crippen LogP contribution >= 0.6 is 0 Å². The summed E-state index contributed by atoms with van der Waals surface area (Å²) in [5.74, 6) is 0.988. The van der Waals surface area contributed by atoms with Crippen LogP contribution in [0.2, 0.25) is 0 Å². The smallest absolute Gasteiger partial charge is 0.122 e. The van der Waals surface area contributed by atoms with E-state index < -0.39 is 0 Å². The Morgan fingerprint density at radius 2 is 2.12 bits per heavy atom. The van der Waals surface area contributed by atoms with Crippen molar-refractivity contribution in [1.29, 1.82) is 0 Å². The van der Waals surface area contributed by atoms with Crippen molar-refractivity contribution in [2.75, 3.05) is 26.9 Å². The number of benzene rings is 1. The molecule has 5 heteroatoms. The van der Waals surface area contributed by atoms with E-state index in [9.17, 15) is 0 Å². The van der Waals surface area contributed by atoms with E-state index in [1.165, 1.54) is 29.7 Å². The molecule has 1 saturated heterocycles. The number of hydrogen-bond acceptors (Lipinski definition) is 4. The molecule has 1 aliphatic heterocycles. The van der Waals surface area contributed by atoms with Crippen LogP contribution in [0.3, 0.4) is 0 Å². The molecule has 0 spiro atoms. The molecule has 5 nitrogen and oxygen atoms in total. The zero-order valence-corrected chi connectivity index (χ0v) is 15.8. The van der Waals surface area contributed by atoms with Gasteiger partial charge in [-0.05, 0) is 38.2 Å². The zero-order chi connectivity index (χ0) is 18.0. The number of nitrogens with zero attached hydrogens (tertiary/aromatic N) is 2. The van der Waals surface area contributed by atoms with Crippen LogP contribution in [-0.2, 0) is 23.6 Å². The maximum absolute atomic E-state index is 5.69. The van der Waals surface area contributed by atoms with Crippen LogP contribution in [0.1, 0.15) is 48.5 Å². The molecule has 1 aromatic heterocycles. The largest absolute Gasteiger partial charge is 0.496 e. The number of ether oxygens (including phenoxy) is 2. The van der Waals surface area contributed by atoms with Gasteiger partial charge in [-0.15, -0.1) is 0 Å². The zero-order valence-electron chi connectivity index (χ0n) is 15.8. The summed E-state index contributed by atoms with van der Waals surface area (Å²) in [4.78, 5) is 0. The minimum Gasteiger partial charge on any atom is -0.496 e. The third-order valence-electron chi connectivity index (χ3n) is 6.03. The summed E-state index contributed by atoms with van der Waals surface area (Å²) in [6, 6.07) is 8.86. The van der Waals surface area contributed by atoms with Crippen molar-refractivity contribution in [2.24, 2.45) is 7.05 Å². The molecule has 0 bridgehead atoms. The molecule has 1 aromatic carbocycles. The molecule has 2 heterocycles. The number of rotatable bonds is 5. The fourth-order valence-corrected chi connectivity index (χ4v) is 4.58.